The highest BCUT2D eigenvalue weighted by Crippen LogP contribution is 2.37. The molecule has 3 N–H and O–H groups in total. The Hall–Kier alpha value is -1.76. The van der Waals surface area contributed by atoms with Crippen molar-refractivity contribution in [2.24, 2.45) is 5.73 Å². The third-order valence-electron chi connectivity index (χ3n) is 3.18. The zero-order valence-corrected chi connectivity index (χ0v) is 11.5. The van der Waals surface area contributed by atoms with Crippen molar-refractivity contribution in [2.75, 3.05) is 0 Å². The van der Waals surface area contributed by atoms with Gasteiger partial charge in [0.1, 0.15) is 5.75 Å². The Morgan fingerprint density at radius 1 is 1.48 bits per heavy atom. The molecule has 1 amide bonds. The van der Waals surface area contributed by atoms with E-state index in [-0.39, 0.29) is 18.3 Å². The SMILES string of the molecule is CC(Oc1ccc(CN)cc1C(F)(F)F)C(=O)NC1CC1. The van der Waals surface area contributed by atoms with E-state index in [4.69, 9.17) is 10.5 Å². The second kappa shape index (κ2) is 5.93. The van der Waals surface area contributed by atoms with E-state index in [1.54, 1.807) is 0 Å². The predicted molar refractivity (Wildman–Crippen MR) is 70.6 cm³/mol. The van der Waals surface area contributed by atoms with E-state index in [0.29, 0.717) is 5.56 Å². The Morgan fingerprint density at radius 2 is 2.14 bits per heavy atom. The Balaban J connectivity index is 2.15. The van der Waals surface area contributed by atoms with Crippen LogP contribution >= 0.6 is 0 Å². The van der Waals surface area contributed by atoms with Gasteiger partial charge in [0.2, 0.25) is 0 Å². The second-order valence-electron chi connectivity index (χ2n) is 5.08. The van der Waals surface area contributed by atoms with Crippen molar-refractivity contribution in [3.63, 3.8) is 0 Å². The first-order valence-electron chi connectivity index (χ1n) is 6.68. The van der Waals surface area contributed by atoms with Gasteiger partial charge in [0.05, 0.1) is 5.56 Å². The number of alkyl halides is 3. The number of nitrogens with two attached hydrogens (primary N) is 1. The first-order chi connectivity index (χ1) is 9.81. The molecule has 116 valence electrons. The zero-order valence-electron chi connectivity index (χ0n) is 11.5. The van der Waals surface area contributed by atoms with Crippen LogP contribution in [0.15, 0.2) is 18.2 Å². The van der Waals surface area contributed by atoms with Crippen LogP contribution in [0.1, 0.15) is 30.9 Å². The summed E-state index contributed by atoms with van der Waals surface area (Å²) in [4.78, 5) is 11.7. The van der Waals surface area contributed by atoms with Gasteiger partial charge in [0, 0.05) is 12.6 Å². The molecule has 1 unspecified atom stereocenters. The summed E-state index contributed by atoms with van der Waals surface area (Å²) < 4.78 is 44.2. The number of hydrogen-bond acceptors (Lipinski definition) is 3. The van der Waals surface area contributed by atoms with Crippen LogP contribution in [0.4, 0.5) is 13.2 Å². The minimum Gasteiger partial charge on any atom is -0.480 e. The summed E-state index contributed by atoms with van der Waals surface area (Å²) in [6.07, 6.45) is -3.75. The molecular formula is C14H17F3N2O2. The smallest absolute Gasteiger partial charge is 0.419 e. The molecule has 1 saturated carbocycles. The van der Waals surface area contributed by atoms with Crippen LogP contribution in [-0.2, 0) is 17.5 Å². The van der Waals surface area contributed by atoms with Crippen molar-refractivity contribution in [1.29, 1.82) is 0 Å². The minimum atomic E-state index is -4.56. The number of rotatable bonds is 5. The molecule has 1 aromatic carbocycles. The summed E-state index contributed by atoms with van der Waals surface area (Å²) in [5, 5.41) is 2.69. The molecule has 0 spiro atoms. The second-order valence-corrected chi connectivity index (χ2v) is 5.08. The molecule has 0 saturated heterocycles. The van der Waals surface area contributed by atoms with Gasteiger partial charge in [-0.1, -0.05) is 6.07 Å². The molecule has 0 bridgehead atoms. The van der Waals surface area contributed by atoms with Crippen LogP contribution in [0.25, 0.3) is 0 Å². The normalized spacial score (nSPS) is 16.4. The fourth-order valence-corrected chi connectivity index (χ4v) is 1.82. The lowest BCUT2D eigenvalue weighted by molar-refractivity contribution is -0.140. The summed E-state index contributed by atoms with van der Waals surface area (Å²) in [6, 6.07) is 3.73. The highest BCUT2D eigenvalue weighted by atomic mass is 19.4. The van der Waals surface area contributed by atoms with Gasteiger partial charge in [0.25, 0.3) is 5.91 Å². The van der Waals surface area contributed by atoms with Crippen LogP contribution < -0.4 is 15.8 Å². The average Bonchev–Trinajstić information content (AvgIpc) is 3.21. The van der Waals surface area contributed by atoms with Gasteiger partial charge in [0.15, 0.2) is 6.10 Å². The predicted octanol–water partition coefficient (Wildman–Crippen LogP) is 2.21. The van der Waals surface area contributed by atoms with Crippen LogP contribution in [0.3, 0.4) is 0 Å². The summed E-state index contributed by atoms with van der Waals surface area (Å²) in [7, 11) is 0. The maximum Gasteiger partial charge on any atom is 0.419 e. The lowest BCUT2D eigenvalue weighted by Gasteiger charge is -2.19. The van der Waals surface area contributed by atoms with Crippen LogP contribution in [0, 0.1) is 0 Å². The van der Waals surface area contributed by atoms with Crippen molar-refractivity contribution in [2.45, 2.75) is 44.6 Å². The molecule has 7 heteroatoms. The van der Waals surface area contributed by atoms with E-state index < -0.39 is 23.8 Å². The number of amides is 1. The molecule has 0 aliphatic heterocycles. The zero-order chi connectivity index (χ0) is 15.6. The van der Waals surface area contributed by atoms with Gasteiger partial charge in [-0.2, -0.15) is 13.2 Å². The standard InChI is InChI=1S/C14H17F3N2O2/c1-8(13(20)19-10-3-4-10)21-12-5-2-9(7-18)6-11(12)14(15,16)17/h2,5-6,8,10H,3-4,7,18H2,1H3,(H,19,20). The average molecular weight is 302 g/mol. The monoisotopic (exact) mass is 302 g/mol. The van der Waals surface area contributed by atoms with E-state index in [1.165, 1.54) is 19.1 Å². The molecule has 1 aliphatic rings. The lowest BCUT2D eigenvalue weighted by Crippen LogP contribution is -2.37. The van der Waals surface area contributed by atoms with E-state index in [0.717, 1.165) is 18.9 Å². The Bertz CT molecular complexity index is 527. The van der Waals surface area contributed by atoms with Crippen LogP contribution in [0.2, 0.25) is 0 Å². The Morgan fingerprint density at radius 3 is 2.67 bits per heavy atom. The van der Waals surface area contributed by atoms with Gasteiger partial charge in [-0.05, 0) is 37.5 Å². The molecule has 21 heavy (non-hydrogen) atoms. The third kappa shape index (κ3) is 4.10. The number of halogens is 3. The molecule has 4 nitrogen and oxygen atoms in total. The highest BCUT2D eigenvalue weighted by Gasteiger charge is 2.35. The third-order valence-corrected chi connectivity index (χ3v) is 3.18. The van der Waals surface area contributed by atoms with E-state index in [9.17, 15) is 18.0 Å². The molecule has 1 atom stereocenters. The summed E-state index contributed by atoms with van der Waals surface area (Å²) in [5.41, 5.74) is 4.78. The van der Waals surface area contributed by atoms with Crippen molar-refractivity contribution >= 4 is 5.91 Å². The molecular weight excluding hydrogens is 285 g/mol. The first-order valence-corrected chi connectivity index (χ1v) is 6.68. The highest BCUT2D eigenvalue weighted by molar-refractivity contribution is 5.81. The molecule has 1 fully saturated rings. The molecule has 0 heterocycles. The maximum atomic E-state index is 13.0. The Kier molecular flexibility index (Phi) is 4.41. The summed E-state index contributed by atoms with van der Waals surface area (Å²) >= 11 is 0. The number of benzene rings is 1. The van der Waals surface area contributed by atoms with Gasteiger partial charge in [-0.25, -0.2) is 0 Å². The molecule has 0 radical (unpaired) electrons. The lowest BCUT2D eigenvalue weighted by atomic mass is 10.1. The molecule has 1 aromatic rings. The quantitative estimate of drug-likeness (QED) is 0.876. The van der Waals surface area contributed by atoms with E-state index >= 15 is 0 Å². The van der Waals surface area contributed by atoms with Crippen LogP contribution in [-0.4, -0.2) is 18.1 Å². The molecule has 0 aromatic heterocycles. The fraction of sp³-hybridized carbons (Fsp3) is 0.500. The van der Waals surface area contributed by atoms with Crippen molar-refractivity contribution in [3.05, 3.63) is 29.3 Å². The minimum absolute atomic E-state index is 0.00107. The fourth-order valence-electron chi connectivity index (χ4n) is 1.82. The maximum absolute atomic E-state index is 13.0. The van der Waals surface area contributed by atoms with Gasteiger partial charge in [-0.3, -0.25) is 4.79 Å². The first kappa shape index (κ1) is 15.6. The number of carbonyl (C=O) groups is 1. The van der Waals surface area contributed by atoms with Gasteiger partial charge >= 0.3 is 6.18 Å². The van der Waals surface area contributed by atoms with E-state index in [2.05, 4.69) is 5.32 Å². The van der Waals surface area contributed by atoms with Gasteiger partial charge < -0.3 is 15.8 Å². The number of hydrogen-bond donors (Lipinski definition) is 2. The summed E-state index contributed by atoms with van der Waals surface area (Å²) in [5.74, 6) is -0.772. The number of nitrogens with one attached hydrogen (secondary N) is 1. The largest absolute Gasteiger partial charge is 0.480 e. The summed E-state index contributed by atoms with van der Waals surface area (Å²) in [6.45, 7) is 1.43. The number of ether oxygens (including phenoxy) is 1. The van der Waals surface area contributed by atoms with Crippen molar-refractivity contribution in [3.8, 4) is 5.75 Å². The molecule has 1 aliphatic carbocycles. The topological polar surface area (TPSA) is 64.3 Å². The van der Waals surface area contributed by atoms with Crippen molar-refractivity contribution in [1.82, 2.24) is 5.32 Å². The Labute approximate surface area is 120 Å². The van der Waals surface area contributed by atoms with E-state index in [1.807, 2.05) is 0 Å². The molecule has 2 rings (SSSR count). The van der Waals surface area contributed by atoms with Gasteiger partial charge in [-0.15, -0.1) is 0 Å². The van der Waals surface area contributed by atoms with Crippen molar-refractivity contribution < 1.29 is 22.7 Å². The van der Waals surface area contributed by atoms with Crippen LogP contribution in [0.5, 0.6) is 5.75 Å². The number of carbonyl (C=O) groups excluding carboxylic acids is 1.